The summed E-state index contributed by atoms with van der Waals surface area (Å²) in [5, 5.41) is 3.82. The fourth-order valence-corrected chi connectivity index (χ4v) is 3.45. The minimum atomic E-state index is -0.508. The first kappa shape index (κ1) is 21.8. The van der Waals surface area contributed by atoms with Crippen LogP contribution >= 0.6 is 0 Å². The molecule has 1 unspecified atom stereocenters. The minimum absolute atomic E-state index is 0.0561. The third-order valence-electron chi connectivity index (χ3n) is 4.73. The van der Waals surface area contributed by atoms with Gasteiger partial charge in [0.1, 0.15) is 11.1 Å². The number of imidazole rings is 1. The van der Waals surface area contributed by atoms with Crippen LogP contribution in [-0.4, -0.2) is 46.0 Å². The Balaban J connectivity index is 1.79. The quantitative estimate of drug-likeness (QED) is 0.540. The van der Waals surface area contributed by atoms with E-state index in [9.17, 15) is 4.79 Å². The van der Waals surface area contributed by atoms with Gasteiger partial charge in [-0.25, -0.2) is 14.8 Å². The highest BCUT2D eigenvalue weighted by atomic mass is 16.6. The molecular formula is C22H31N5O3. The summed E-state index contributed by atoms with van der Waals surface area (Å²) in [6.45, 7) is 9.22. The van der Waals surface area contributed by atoms with Gasteiger partial charge in [0.25, 0.3) is 0 Å². The van der Waals surface area contributed by atoms with Crippen LogP contribution in [-0.2, 0) is 9.47 Å². The highest BCUT2D eigenvalue weighted by Gasteiger charge is 2.19. The Bertz CT molecular complexity index is 1010. The van der Waals surface area contributed by atoms with Crippen LogP contribution < -0.4 is 11.1 Å². The lowest BCUT2D eigenvalue weighted by Crippen LogP contribution is -2.33. The molecule has 30 heavy (non-hydrogen) atoms. The summed E-state index contributed by atoms with van der Waals surface area (Å²) in [6, 6.07) is 7.97. The van der Waals surface area contributed by atoms with Gasteiger partial charge < -0.3 is 25.1 Å². The van der Waals surface area contributed by atoms with Crippen LogP contribution in [0.4, 0.5) is 10.6 Å². The molecule has 0 saturated heterocycles. The molecule has 0 spiro atoms. The highest BCUT2D eigenvalue weighted by molar-refractivity contribution is 6.06. The van der Waals surface area contributed by atoms with Gasteiger partial charge in [-0.15, -0.1) is 0 Å². The number of hydrogen-bond acceptors (Lipinski definition) is 6. The van der Waals surface area contributed by atoms with Crippen molar-refractivity contribution in [3.63, 3.8) is 0 Å². The summed E-state index contributed by atoms with van der Waals surface area (Å²) in [5.41, 5.74) is 8.15. The molecule has 0 aliphatic carbocycles. The van der Waals surface area contributed by atoms with Crippen molar-refractivity contribution in [3.05, 3.63) is 30.6 Å². The first-order valence-electron chi connectivity index (χ1n) is 10.4. The summed E-state index contributed by atoms with van der Waals surface area (Å²) in [6.07, 6.45) is 2.98. The fraction of sp³-hybridized carbons (Fsp3) is 0.500. The van der Waals surface area contributed by atoms with Crippen molar-refractivity contribution in [2.75, 3.05) is 25.5 Å². The van der Waals surface area contributed by atoms with Gasteiger partial charge >= 0.3 is 6.09 Å². The SMILES string of the molecule is CCOCC(CCCNC(=O)OC(C)(C)C)n1cnc2c(N)nc3ccccc3c21. The number of hydrogen-bond donors (Lipinski definition) is 2. The smallest absolute Gasteiger partial charge is 0.407 e. The number of nitrogens with one attached hydrogen (secondary N) is 1. The molecule has 0 aliphatic heterocycles. The van der Waals surface area contributed by atoms with Crippen LogP contribution in [0, 0.1) is 0 Å². The average molecular weight is 414 g/mol. The van der Waals surface area contributed by atoms with Crippen LogP contribution in [0.2, 0.25) is 0 Å². The number of carbonyl (C=O) groups is 1. The van der Waals surface area contributed by atoms with E-state index in [1.54, 1.807) is 6.33 Å². The number of carbonyl (C=O) groups excluding carboxylic acids is 1. The third kappa shape index (κ3) is 5.18. The summed E-state index contributed by atoms with van der Waals surface area (Å²) < 4.78 is 13.2. The van der Waals surface area contributed by atoms with Gasteiger partial charge in [0.15, 0.2) is 5.82 Å². The predicted octanol–water partition coefficient (Wildman–Crippen LogP) is 4.05. The number of benzene rings is 1. The van der Waals surface area contributed by atoms with Crippen molar-refractivity contribution >= 4 is 33.8 Å². The molecule has 8 heteroatoms. The molecule has 0 fully saturated rings. The van der Waals surface area contributed by atoms with Gasteiger partial charge in [-0.05, 0) is 46.6 Å². The van der Waals surface area contributed by atoms with Gasteiger partial charge in [0.2, 0.25) is 0 Å². The number of aromatic nitrogens is 3. The van der Waals surface area contributed by atoms with Crippen LogP contribution in [0.15, 0.2) is 30.6 Å². The zero-order valence-electron chi connectivity index (χ0n) is 18.1. The standard InChI is InChI=1S/C22H31N5O3/c1-5-29-13-15(9-8-12-24-21(28)30-22(2,3)4)27-14-25-18-19(27)16-10-6-7-11-17(16)26-20(18)23/h6-7,10-11,14-15H,5,8-9,12-13H2,1-4H3,(H2,23,26)(H,24,28). The molecule has 2 heterocycles. The number of ether oxygens (including phenoxy) is 2. The number of anilines is 1. The first-order valence-corrected chi connectivity index (χ1v) is 10.4. The number of alkyl carbamates (subject to hydrolysis) is 1. The lowest BCUT2D eigenvalue weighted by atomic mass is 10.1. The number of rotatable bonds is 8. The molecule has 0 radical (unpaired) electrons. The Labute approximate surface area is 176 Å². The van der Waals surface area contributed by atoms with E-state index in [0.29, 0.717) is 31.1 Å². The molecule has 0 bridgehead atoms. The second-order valence-electron chi connectivity index (χ2n) is 8.25. The van der Waals surface area contributed by atoms with Crippen LogP contribution in [0.1, 0.15) is 46.6 Å². The minimum Gasteiger partial charge on any atom is -0.444 e. The van der Waals surface area contributed by atoms with Crippen LogP contribution in [0.25, 0.3) is 21.9 Å². The number of nitrogens with two attached hydrogens (primary N) is 1. The van der Waals surface area contributed by atoms with E-state index in [2.05, 4.69) is 19.9 Å². The average Bonchev–Trinajstić information content (AvgIpc) is 3.12. The van der Waals surface area contributed by atoms with E-state index in [-0.39, 0.29) is 6.04 Å². The first-order chi connectivity index (χ1) is 14.3. The molecular weight excluding hydrogens is 382 g/mol. The van der Waals surface area contributed by atoms with Crippen molar-refractivity contribution < 1.29 is 14.3 Å². The van der Waals surface area contributed by atoms with Crippen molar-refractivity contribution in [2.45, 2.75) is 52.2 Å². The number of nitrogen functional groups attached to an aromatic ring is 1. The molecule has 1 amide bonds. The van der Waals surface area contributed by atoms with Crippen molar-refractivity contribution in [1.29, 1.82) is 0 Å². The summed E-state index contributed by atoms with van der Waals surface area (Å²) in [7, 11) is 0. The molecule has 3 rings (SSSR count). The molecule has 3 N–H and O–H groups in total. The molecule has 2 aromatic heterocycles. The maximum Gasteiger partial charge on any atom is 0.407 e. The predicted molar refractivity (Wildman–Crippen MR) is 118 cm³/mol. The van der Waals surface area contributed by atoms with Gasteiger partial charge in [-0.2, -0.15) is 0 Å². The van der Waals surface area contributed by atoms with E-state index >= 15 is 0 Å². The van der Waals surface area contributed by atoms with E-state index in [4.69, 9.17) is 15.2 Å². The van der Waals surface area contributed by atoms with Crippen molar-refractivity contribution in [2.24, 2.45) is 0 Å². The maximum absolute atomic E-state index is 11.9. The Kier molecular flexibility index (Phi) is 6.77. The van der Waals surface area contributed by atoms with Gasteiger partial charge in [-0.3, -0.25) is 0 Å². The maximum atomic E-state index is 11.9. The molecule has 1 atom stereocenters. The molecule has 0 saturated carbocycles. The van der Waals surface area contributed by atoms with Crippen molar-refractivity contribution in [3.8, 4) is 0 Å². The van der Waals surface area contributed by atoms with Crippen molar-refractivity contribution in [1.82, 2.24) is 19.9 Å². The number of para-hydroxylation sites is 1. The fourth-order valence-electron chi connectivity index (χ4n) is 3.45. The zero-order chi connectivity index (χ0) is 21.7. The van der Waals surface area contributed by atoms with Gasteiger partial charge in [0, 0.05) is 18.5 Å². The van der Waals surface area contributed by atoms with E-state index in [0.717, 1.165) is 29.3 Å². The van der Waals surface area contributed by atoms with Gasteiger partial charge in [-0.1, -0.05) is 18.2 Å². The number of amides is 1. The number of nitrogens with zero attached hydrogens (tertiary/aromatic N) is 3. The van der Waals surface area contributed by atoms with Crippen LogP contribution in [0.5, 0.6) is 0 Å². The summed E-state index contributed by atoms with van der Waals surface area (Å²) >= 11 is 0. The summed E-state index contributed by atoms with van der Waals surface area (Å²) in [5.74, 6) is 0.421. The monoisotopic (exact) mass is 413 g/mol. The molecule has 162 valence electrons. The third-order valence-corrected chi connectivity index (χ3v) is 4.73. The lowest BCUT2D eigenvalue weighted by Gasteiger charge is -2.21. The molecule has 8 nitrogen and oxygen atoms in total. The Morgan fingerprint density at radius 2 is 2.07 bits per heavy atom. The van der Waals surface area contributed by atoms with E-state index in [1.165, 1.54) is 0 Å². The Morgan fingerprint density at radius 1 is 1.30 bits per heavy atom. The molecule has 3 aromatic rings. The highest BCUT2D eigenvalue weighted by Crippen LogP contribution is 2.30. The molecule has 0 aliphatic rings. The molecule has 1 aromatic carbocycles. The topological polar surface area (TPSA) is 104 Å². The van der Waals surface area contributed by atoms with Crippen LogP contribution in [0.3, 0.4) is 0 Å². The lowest BCUT2D eigenvalue weighted by molar-refractivity contribution is 0.0525. The van der Waals surface area contributed by atoms with E-state index in [1.807, 2.05) is 52.0 Å². The second-order valence-corrected chi connectivity index (χ2v) is 8.25. The summed E-state index contributed by atoms with van der Waals surface area (Å²) in [4.78, 5) is 20.9. The second kappa shape index (κ2) is 9.30. The Hall–Kier alpha value is -2.87. The number of fused-ring (bicyclic) bond motifs is 3. The largest absolute Gasteiger partial charge is 0.444 e. The van der Waals surface area contributed by atoms with Gasteiger partial charge in [0.05, 0.1) is 30.0 Å². The normalized spacial score (nSPS) is 12.9. The number of pyridine rings is 1. The van der Waals surface area contributed by atoms with E-state index < -0.39 is 11.7 Å². The zero-order valence-corrected chi connectivity index (χ0v) is 18.1. The Morgan fingerprint density at radius 3 is 2.80 bits per heavy atom.